The van der Waals surface area contributed by atoms with Crippen molar-refractivity contribution in [3.63, 3.8) is 0 Å². The average Bonchev–Trinajstić information content (AvgIpc) is 2.35. The first-order chi connectivity index (χ1) is 8.97. The van der Waals surface area contributed by atoms with E-state index in [1.165, 1.54) is 6.07 Å². The van der Waals surface area contributed by atoms with Crippen LogP contribution in [0.4, 0.5) is 10.5 Å². The number of hydrogen-bond acceptors (Lipinski definition) is 2. The minimum Gasteiger partial charge on any atom is -0.478 e. The second kappa shape index (κ2) is 6.58. The molecule has 0 saturated carbocycles. The highest BCUT2D eigenvalue weighted by molar-refractivity contribution is 6.00. The summed E-state index contributed by atoms with van der Waals surface area (Å²) in [6.07, 6.45) is 1.63. The summed E-state index contributed by atoms with van der Waals surface area (Å²) < 4.78 is 0. The molecular weight excluding hydrogens is 244 g/mol. The van der Waals surface area contributed by atoms with Gasteiger partial charge in [-0.15, -0.1) is 6.58 Å². The number of carbonyl (C=O) groups excluding carboxylic acids is 1. The lowest BCUT2D eigenvalue weighted by atomic mass is 10.2. The highest BCUT2D eigenvalue weighted by Gasteiger charge is 2.18. The highest BCUT2D eigenvalue weighted by atomic mass is 16.4. The third-order valence-corrected chi connectivity index (χ3v) is 2.61. The molecule has 1 rings (SSSR count). The van der Waals surface area contributed by atoms with Crippen LogP contribution in [0.15, 0.2) is 36.9 Å². The van der Waals surface area contributed by atoms with Crippen LogP contribution in [0.2, 0.25) is 0 Å². The van der Waals surface area contributed by atoms with Gasteiger partial charge in [-0.2, -0.15) is 0 Å². The van der Waals surface area contributed by atoms with Crippen LogP contribution >= 0.6 is 0 Å². The van der Waals surface area contributed by atoms with Gasteiger partial charge in [-0.3, -0.25) is 0 Å². The Labute approximate surface area is 112 Å². The minimum atomic E-state index is -1.07. The standard InChI is InChI=1S/C14H18N2O3/c1-4-9-16(10(2)3)14(19)15-12-8-6-5-7-11(12)13(17)18/h4-8,10H,1,9H2,2-3H3,(H,15,19)(H,17,18). The molecule has 0 spiro atoms. The maximum Gasteiger partial charge on any atom is 0.337 e. The topological polar surface area (TPSA) is 69.6 Å². The number of rotatable bonds is 5. The molecule has 0 aliphatic heterocycles. The van der Waals surface area contributed by atoms with E-state index < -0.39 is 5.97 Å². The number of amides is 2. The van der Waals surface area contributed by atoms with Gasteiger partial charge in [-0.1, -0.05) is 18.2 Å². The molecule has 19 heavy (non-hydrogen) atoms. The van der Waals surface area contributed by atoms with E-state index in [1.807, 2.05) is 13.8 Å². The number of carboxylic acid groups (broad SMARTS) is 1. The molecule has 0 fully saturated rings. The Hall–Kier alpha value is -2.30. The molecule has 0 radical (unpaired) electrons. The molecule has 0 bridgehead atoms. The Morgan fingerprint density at radius 3 is 2.58 bits per heavy atom. The number of para-hydroxylation sites is 1. The molecule has 0 aliphatic rings. The number of anilines is 1. The molecule has 0 aromatic heterocycles. The highest BCUT2D eigenvalue weighted by Crippen LogP contribution is 2.16. The van der Waals surface area contributed by atoms with Crippen LogP contribution in [0.5, 0.6) is 0 Å². The smallest absolute Gasteiger partial charge is 0.337 e. The number of nitrogens with one attached hydrogen (secondary N) is 1. The zero-order chi connectivity index (χ0) is 14.4. The lowest BCUT2D eigenvalue weighted by molar-refractivity contribution is 0.0698. The molecule has 0 aliphatic carbocycles. The van der Waals surface area contributed by atoms with E-state index >= 15 is 0 Å². The van der Waals surface area contributed by atoms with Crippen LogP contribution < -0.4 is 5.32 Å². The maximum absolute atomic E-state index is 12.1. The Morgan fingerprint density at radius 1 is 1.42 bits per heavy atom. The third kappa shape index (κ3) is 3.84. The predicted octanol–water partition coefficient (Wildman–Crippen LogP) is 2.81. The van der Waals surface area contributed by atoms with Gasteiger partial charge >= 0.3 is 12.0 Å². The van der Waals surface area contributed by atoms with Crippen molar-refractivity contribution in [2.45, 2.75) is 19.9 Å². The van der Waals surface area contributed by atoms with E-state index in [0.717, 1.165) is 0 Å². The van der Waals surface area contributed by atoms with Crippen LogP contribution in [0.1, 0.15) is 24.2 Å². The summed E-state index contributed by atoms with van der Waals surface area (Å²) in [5, 5.41) is 11.7. The van der Waals surface area contributed by atoms with E-state index in [0.29, 0.717) is 6.54 Å². The van der Waals surface area contributed by atoms with Crippen molar-refractivity contribution < 1.29 is 14.7 Å². The number of nitrogens with zero attached hydrogens (tertiary/aromatic N) is 1. The SMILES string of the molecule is C=CCN(C(=O)Nc1ccccc1C(=O)O)C(C)C. The van der Waals surface area contributed by atoms with Crippen LogP contribution in [0, 0.1) is 0 Å². The number of benzene rings is 1. The van der Waals surface area contributed by atoms with Crippen molar-refractivity contribution in [3.05, 3.63) is 42.5 Å². The molecule has 2 N–H and O–H groups in total. The fraction of sp³-hybridized carbons (Fsp3) is 0.286. The van der Waals surface area contributed by atoms with Gasteiger partial charge in [0.25, 0.3) is 0 Å². The molecule has 0 heterocycles. The zero-order valence-corrected chi connectivity index (χ0v) is 11.1. The van der Waals surface area contributed by atoms with Gasteiger partial charge in [-0.25, -0.2) is 9.59 Å². The molecule has 5 heteroatoms. The molecule has 0 atom stereocenters. The van der Waals surface area contributed by atoms with Gasteiger partial charge in [0.1, 0.15) is 0 Å². The van der Waals surface area contributed by atoms with Crippen molar-refractivity contribution in [2.24, 2.45) is 0 Å². The number of urea groups is 1. The molecule has 102 valence electrons. The first kappa shape index (κ1) is 14.8. The van der Waals surface area contributed by atoms with Crippen molar-refractivity contribution >= 4 is 17.7 Å². The lowest BCUT2D eigenvalue weighted by Crippen LogP contribution is -2.40. The molecular formula is C14H18N2O3. The van der Waals surface area contributed by atoms with E-state index in [4.69, 9.17) is 5.11 Å². The number of carbonyl (C=O) groups is 2. The van der Waals surface area contributed by atoms with Crippen LogP contribution in [0.3, 0.4) is 0 Å². The largest absolute Gasteiger partial charge is 0.478 e. The van der Waals surface area contributed by atoms with Gasteiger partial charge in [0, 0.05) is 12.6 Å². The molecule has 5 nitrogen and oxygen atoms in total. The fourth-order valence-electron chi connectivity index (χ4n) is 1.63. The quantitative estimate of drug-likeness (QED) is 0.802. The predicted molar refractivity (Wildman–Crippen MR) is 74.5 cm³/mol. The molecule has 2 amide bonds. The van der Waals surface area contributed by atoms with E-state index in [-0.39, 0.29) is 23.3 Å². The van der Waals surface area contributed by atoms with E-state index in [1.54, 1.807) is 29.2 Å². The molecule has 1 aromatic carbocycles. The fourth-order valence-corrected chi connectivity index (χ4v) is 1.63. The first-order valence-corrected chi connectivity index (χ1v) is 5.98. The first-order valence-electron chi connectivity index (χ1n) is 5.98. The summed E-state index contributed by atoms with van der Waals surface area (Å²) in [7, 11) is 0. The van der Waals surface area contributed by atoms with Crippen molar-refractivity contribution in [1.29, 1.82) is 0 Å². The third-order valence-electron chi connectivity index (χ3n) is 2.61. The Bertz CT molecular complexity index is 483. The van der Waals surface area contributed by atoms with Crippen LogP contribution in [0.25, 0.3) is 0 Å². The number of carboxylic acids is 1. The number of aromatic carboxylic acids is 1. The van der Waals surface area contributed by atoms with Gasteiger partial charge in [0.05, 0.1) is 11.3 Å². The minimum absolute atomic E-state index is 0.00464. The Morgan fingerprint density at radius 2 is 2.05 bits per heavy atom. The number of hydrogen-bond donors (Lipinski definition) is 2. The molecule has 0 unspecified atom stereocenters. The van der Waals surface area contributed by atoms with Gasteiger partial charge in [0.2, 0.25) is 0 Å². The van der Waals surface area contributed by atoms with E-state index in [9.17, 15) is 9.59 Å². The van der Waals surface area contributed by atoms with Crippen LogP contribution in [-0.2, 0) is 0 Å². The lowest BCUT2D eigenvalue weighted by Gasteiger charge is -2.25. The summed E-state index contributed by atoms with van der Waals surface area (Å²) in [6.45, 7) is 7.77. The van der Waals surface area contributed by atoms with Crippen molar-refractivity contribution in [1.82, 2.24) is 4.90 Å². The second-order valence-electron chi connectivity index (χ2n) is 4.32. The molecule has 0 saturated heterocycles. The van der Waals surface area contributed by atoms with Crippen molar-refractivity contribution in [2.75, 3.05) is 11.9 Å². The summed E-state index contributed by atoms with van der Waals surface area (Å²) >= 11 is 0. The summed E-state index contributed by atoms with van der Waals surface area (Å²) in [4.78, 5) is 24.7. The Kier molecular flexibility index (Phi) is 5.11. The van der Waals surface area contributed by atoms with Gasteiger partial charge < -0.3 is 15.3 Å². The Balaban J connectivity index is 2.92. The van der Waals surface area contributed by atoms with Gasteiger partial charge in [-0.05, 0) is 26.0 Å². The molecule has 1 aromatic rings. The van der Waals surface area contributed by atoms with E-state index in [2.05, 4.69) is 11.9 Å². The summed E-state index contributed by atoms with van der Waals surface area (Å²) in [6, 6.07) is 5.95. The second-order valence-corrected chi connectivity index (χ2v) is 4.32. The summed E-state index contributed by atoms with van der Waals surface area (Å²) in [5.41, 5.74) is 0.355. The maximum atomic E-state index is 12.1. The van der Waals surface area contributed by atoms with Crippen molar-refractivity contribution in [3.8, 4) is 0 Å². The zero-order valence-electron chi connectivity index (χ0n) is 11.1. The van der Waals surface area contributed by atoms with Gasteiger partial charge in [0.15, 0.2) is 0 Å². The monoisotopic (exact) mass is 262 g/mol. The average molecular weight is 262 g/mol. The summed E-state index contributed by atoms with van der Waals surface area (Å²) in [5.74, 6) is -1.07. The van der Waals surface area contributed by atoms with Crippen LogP contribution in [-0.4, -0.2) is 34.6 Å². The normalized spacial score (nSPS) is 10.1.